The lowest BCUT2D eigenvalue weighted by Crippen LogP contribution is -2.21. The minimum Gasteiger partial charge on any atom is -0.382 e. The third kappa shape index (κ3) is 4.14. The first-order valence-electron chi connectivity index (χ1n) is 10.2. The average molecular weight is 441 g/mol. The molecular formula is C24H20FN7O. The number of carbonyl (C=O) groups is 1. The lowest BCUT2D eigenvalue weighted by Gasteiger charge is -2.17. The van der Waals surface area contributed by atoms with Gasteiger partial charge in [0, 0.05) is 31.0 Å². The highest BCUT2D eigenvalue weighted by Gasteiger charge is 2.22. The standard InChI is InChI=1S/C24H20FN7O/c1-28-24(33)20-15-8-5-9-17(25)21(15)32-18(19(20)14-6-3-2-4-7-14)10-11-29-23-16(12-26)22(27)30-13-31-23/h2-9,13H,10-11H2,1H3,(H,28,33)(H3,27,29,30,31). The maximum Gasteiger partial charge on any atom is 0.252 e. The molecule has 0 radical (unpaired) electrons. The predicted molar refractivity (Wildman–Crippen MR) is 124 cm³/mol. The molecule has 4 N–H and O–H groups in total. The van der Waals surface area contributed by atoms with Crippen molar-refractivity contribution in [3.05, 3.63) is 77.5 Å². The zero-order valence-corrected chi connectivity index (χ0v) is 17.8. The van der Waals surface area contributed by atoms with Gasteiger partial charge >= 0.3 is 0 Å². The Labute approximate surface area is 189 Å². The van der Waals surface area contributed by atoms with E-state index < -0.39 is 5.82 Å². The van der Waals surface area contributed by atoms with Crippen molar-refractivity contribution in [2.24, 2.45) is 0 Å². The molecule has 8 nitrogen and oxygen atoms in total. The average Bonchev–Trinajstić information content (AvgIpc) is 2.84. The van der Waals surface area contributed by atoms with Crippen molar-refractivity contribution in [2.45, 2.75) is 6.42 Å². The van der Waals surface area contributed by atoms with Gasteiger partial charge in [-0.2, -0.15) is 5.26 Å². The van der Waals surface area contributed by atoms with Gasteiger partial charge in [0.1, 0.15) is 40.9 Å². The molecule has 0 fully saturated rings. The minimum absolute atomic E-state index is 0.0766. The number of benzene rings is 2. The molecule has 9 heteroatoms. The molecule has 164 valence electrons. The molecule has 33 heavy (non-hydrogen) atoms. The van der Waals surface area contributed by atoms with Gasteiger partial charge in [-0.15, -0.1) is 0 Å². The number of nitrogens with zero attached hydrogens (tertiary/aromatic N) is 4. The molecule has 0 saturated heterocycles. The summed E-state index contributed by atoms with van der Waals surface area (Å²) in [5.41, 5.74) is 8.31. The fraction of sp³-hybridized carbons (Fsp3) is 0.125. The van der Waals surface area contributed by atoms with Crippen LogP contribution in [-0.2, 0) is 6.42 Å². The molecule has 0 bridgehead atoms. The van der Waals surface area contributed by atoms with Crippen LogP contribution in [0.2, 0.25) is 0 Å². The molecule has 0 spiro atoms. The van der Waals surface area contributed by atoms with Gasteiger partial charge in [0.15, 0.2) is 0 Å². The number of hydrogen-bond acceptors (Lipinski definition) is 7. The number of carbonyl (C=O) groups excluding carboxylic acids is 1. The van der Waals surface area contributed by atoms with Crippen molar-refractivity contribution in [1.82, 2.24) is 20.3 Å². The second-order valence-corrected chi connectivity index (χ2v) is 7.16. The molecule has 4 aromatic rings. The SMILES string of the molecule is CNC(=O)c1c(-c2ccccc2)c(CCNc2ncnc(N)c2C#N)nc2c(F)cccc12. The number of nitriles is 1. The highest BCUT2D eigenvalue weighted by molar-refractivity contribution is 6.12. The van der Waals surface area contributed by atoms with Crippen LogP contribution in [0.25, 0.3) is 22.0 Å². The summed E-state index contributed by atoms with van der Waals surface area (Å²) in [5, 5.41) is 15.5. The first kappa shape index (κ1) is 21.6. The molecule has 2 aromatic heterocycles. The molecule has 2 heterocycles. The summed E-state index contributed by atoms with van der Waals surface area (Å²) in [5.74, 6) is -0.476. The molecule has 0 aliphatic rings. The summed E-state index contributed by atoms with van der Waals surface area (Å²) in [6.07, 6.45) is 1.59. The van der Waals surface area contributed by atoms with Crippen molar-refractivity contribution in [1.29, 1.82) is 5.26 Å². The van der Waals surface area contributed by atoms with Crippen LogP contribution in [0.3, 0.4) is 0 Å². The smallest absolute Gasteiger partial charge is 0.252 e. The van der Waals surface area contributed by atoms with Crippen LogP contribution in [-0.4, -0.2) is 34.5 Å². The highest BCUT2D eigenvalue weighted by Crippen LogP contribution is 2.33. The van der Waals surface area contributed by atoms with Gasteiger partial charge in [-0.3, -0.25) is 4.79 Å². The van der Waals surface area contributed by atoms with E-state index in [1.54, 1.807) is 12.1 Å². The maximum absolute atomic E-state index is 14.7. The van der Waals surface area contributed by atoms with E-state index in [1.807, 2.05) is 36.4 Å². The topological polar surface area (TPSA) is 130 Å². The molecular weight excluding hydrogens is 421 g/mol. The summed E-state index contributed by atoms with van der Waals surface area (Å²) < 4.78 is 14.7. The molecule has 4 rings (SSSR count). The van der Waals surface area contributed by atoms with Gasteiger partial charge in [0.25, 0.3) is 5.91 Å². The monoisotopic (exact) mass is 441 g/mol. The zero-order valence-electron chi connectivity index (χ0n) is 17.8. The van der Waals surface area contributed by atoms with Gasteiger partial charge in [-0.05, 0) is 11.6 Å². The third-order valence-corrected chi connectivity index (χ3v) is 5.20. The quantitative estimate of drug-likeness (QED) is 0.419. The predicted octanol–water partition coefficient (Wildman–Crippen LogP) is 3.30. The van der Waals surface area contributed by atoms with E-state index in [0.29, 0.717) is 41.0 Å². The molecule has 0 saturated carbocycles. The fourth-order valence-electron chi connectivity index (χ4n) is 3.70. The second kappa shape index (κ2) is 9.28. The van der Waals surface area contributed by atoms with Gasteiger partial charge < -0.3 is 16.4 Å². The number of nitrogen functional groups attached to an aromatic ring is 1. The fourth-order valence-corrected chi connectivity index (χ4v) is 3.70. The Morgan fingerprint density at radius 1 is 1.15 bits per heavy atom. The van der Waals surface area contributed by atoms with Gasteiger partial charge in [0.2, 0.25) is 0 Å². The number of aromatic nitrogens is 3. The van der Waals surface area contributed by atoms with Crippen molar-refractivity contribution >= 4 is 28.4 Å². The van der Waals surface area contributed by atoms with E-state index in [9.17, 15) is 14.4 Å². The number of hydrogen-bond donors (Lipinski definition) is 3. The van der Waals surface area contributed by atoms with E-state index >= 15 is 0 Å². The van der Waals surface area contributed by atoms with E-state index in [2.05, 4.69) is 25.6 Å². The molecule has 0 aliphatic carbocycles. The van der Waals surface area contributed by atoms with Crippen LogP contribution in [0.15, 0.2) is 54.9 Å². The Hall–Kier alpha value is -4.58. The Morgan fingerprint density at radius 3 is 2.67 bits per heavy atom. The van der Waals surface area contributed by atoms with Crippen LogP contribution in [0.5, 0.6) is 0 Å². The maximum atomic E-state index is 14.7. The number of fused-ring (bicyclic) bond motifs is 1. The summed E-state index contributed by atoms with van der Waals surface area (Å²) in [6.45, 7) is 0.311. The number of para-hydroxylation sites is 1. The van der Waals surface area contributed by atoms with Crippen LogP contribution in [0.4, 0.5) is 16.0 Å². The van der Waals surface area contributed by atoms with Crippen molar-refractivity contribution in [2.75, 3.05) is 24.6 Å². The Balaban J connectivity index is 1.83. The number of pyridine rings is 1. The van der Waals surface area contributed by atoms with Crippen LogP contribution in [0.1, 0.15) is 21.6 Å². The van der Waals surface area contributed by atoms with Crippen molar-refractivity contribution < 1.29 is 9.18 Å². The van der Waals surface area contributed by atoms with Gasteiger partial charge in [0.05, 0.1) is 11.3 Å². The van der Waals surface area contributed by atoms with Crippen LogP contribution >= 0.6 is 0 Å². The third-order valence-electron chi connectivity index (χ3n) is 5.20. The zero-order chi connectivity index (χ0) is 23.4. The Morgan fingerprint density at radius 2 is 1.94 bits per heavy atom. The number of amides is 1. The van der Waals surface area contributed by atoms with E-state index in [0.717, 1.165) is 5.56 Å². The van der Waals surface area contributed by atoms with E-state index in [-0.39, 0.29) is 22.8 Å². The summed E-state index contributed by atoms with van der Waals surface area (Å²) in [6, 6.07) is 15.9. The molecule has 2 aromatic carbocycles. The van der Waals surface area contributed by atoms with Crippen LogP contribution in [0, 0.1) is 17.1 Å². The Bertz CT molecular complexity index is 1380. The Kier molecular flexibility index (Phi) is 6.09. The van der Waals surface area contributed by atoms with Gasteiger partial charge in [-0.25, -0.2) is 19.3 Å². The summed E-state index contributed by atoms with van der Waals surface area (Å²) >= 11 is 0. The summed E-state index contributed by atoms with van der Waals surface area (Å²) in [4.78, 5) is 25.5. The molecule has 1 amide bonds. The number of halogens is 1. The lowest BCUT2D eigenvalue weighted by atomic mass is 9.92. The second-order valence-electron chi connectivity index (χ2n) is 7.16. The molecule has 0 aliphatic heterocycles. The molecule has 0 atom stereocenters. The number of anilines is 2. The number of nitrogens with two attached hydrogens (primary N) is 1. The van der Waals surface area contributed by atoms with Crippen molar-refractivity contribution in [3.8, 4) is 17.2 Å². The lowest BCUT2D eigenvalue weighted by molar-refractivity contribution is 0.0965. The van der Waals surface area contributed by atoms with E-state index in [4.69, 9.17) is 5.73 Å². The van der Waals surface area contributed by atoms with Crippen molar-refractivity contribution in [3.63, 3.8) is 0 Å². The first-order chi connectivity index (χ1) is 16.0. The van der Waals surface area contributed by atoms with Crippen LogP contribution < -0.4 is 16.4 Å². The normalized spacial score (nSPS) is 10.6. The molecule has 0 unspecified atom stereocenters. The number of rotatable bonds is 6. The number of nitrogens with one attached hydrogen (secondary N) is 2. The largest absolute Gasteiger partial charge is 0.382 e. The minimum atomic E-state index is -0.512. The summed E-state index contributed by atoms with van der Waals surface area (Å²) in [7, 11) is 1.53. The first-order valence-corrected chi connectivity index (χ1v) is 10.2. The van der Waals surface area contributed by atoms with E-state index in [1.165, 1.54) is 19.4 Å². The highest BCUT2D eigenvalue weighted by atomic mass is 19.1. The van der Waals surface area contributed by atoms with Gasteiger partial charge in [-0.1, -0.05) is 42.5 Å².